The Morgan fingerprint density at radius 3 is 3.11 bits per heavy atom. The van der Waals surface area contributed by atoms with Crippen LogP contribution in [0.15, 0.2) is 24.3 Å². The number of nitrogens with one attached hydrogen (secondary N) is 1. The number of nitrogens with two attached hydrogens (primary N) is 1. The maximum Gasteiger partial charge on any atom is 0.321 e. The number of carbonyl (C=O) groups is 1. The molecule has 0 spiro atoms. The zero-order valence-corrected chi connectivity index (χ0v) is 10.6. The van der Waals surface area contributed by atoms with Crippen LogP contribution in [-0.2, 0) is 6.42 Å². The van der Waals surface area contributed by atoms with Crippen molar-refractivity contribution >= 4 is 11.7 Å². The van der Waals surface area contributed by atoms with Crippen LogP contribution in [0, 0.1) is 5.92 Å². The van der Waals surface area contributed by atoms with Gasteiger partial charge in [-0.1, -0.05) is 19.1 Å². The van der Waals surface area contributed by atoms with Gasteiger partial charge in [-0.15, -0.1) is 0 Å². The van der Waals surface area contributed by atoms with Crippen molar-refractivity contribution in [1.29, 1.82) is 0 Å². The van der Waals surface area contributed by atoms with E-state index in [4.69, 9.17) is 5.73 Å². The largest absolute Gasteiger partial charge is 0.323 e. The van der Waals surface area contributed by atoms with Crippen LogP contribution in [0.5, 0.6) is 0 Å². The Morgan fingerprint density at radius 2 is 2.44 bits per heavy atom. The smallest absolute Gasteiger partial charge is 0.321 e. The van der Waals surface area contributed by atoms with Gasteiger partial charge in [0.05, 0.1) is 0 Å². The standard InChI is InChI=1S/C14H19N3O/c1-2-10-4-3-5-12(6-10)16-13(18)17-8-11-7-14(11,15)9-17/h3-6,11H,2,7-9,15H2,1H3,(H,16,18)/t11-,14-/m0/s1. The molecule has 1 aromatic carbocycles. The Hall–Kier alpha value is -1.55. The second-order valence-electron chi connectivity index (χ2n) is 5.50. The highest BCUT2D eigenvalue weighted by Gasteiger charge is 2.58. The predicted octanol–water partition coefficient (Wildman–Crippen LogP) is 1.81. The minimum Gasteiger partial charge on any atom is -0.323 e. The summed E-state index contributed by atoms with van der Waals surface area (Å²) in [5.41, 5.74) is 8.11. The molecule has 96 valence electrons. The molecule has 0 unspecified atom stereocenters. The molecule has 0 aromatic heterocycles. The minimum atomic E-state index is -0.0807. The van der Waals surface area contributed by atoms with Crippen molar-refractivity contribution in [2.24, 2.45) is 11.7 Å². The molecule has 2 amide bonds. The van der Waals surface area contributed by atoms with Crippen molar-refractivity contribution in [2.45, 2.75) is 25.3 Å². The molecule has 2 aliphatic rings. The van der Waals surface area contributed by atoms with E-state index >= 15 is 0 Å². The number of benzene rings is 1. The molecular formula is C14H19N3O. The maximum atomic E-state index is 12.1. The highest BCUT2D eigenvalue weighted by Crippen LogP contribution is 2.47. The Kier molecular flexibility index (Phi) is 2.55. The van der Waals surface area contributed by atoms with E-state index in [0.717, 1.165) is 25.1 Å². The number of nitrogens with zero attached hydrogens (tertiary/aromatic N) is 1. The number of urea groups is 1. The van der Waals surface area contributed by atoms with E-state index in [9.17, 15) is 4.79 Å². The van der Waals surface area contributed by atoms with E-state index in [1.165, 1.54) is 5.56 Å². The van der Waals surface area contributed by atoms with Gasteiger partial charge in [-0.2, -0.15) is 0 Å². The van der Waals surface area contributed by atoms with Crippen LogP contribution >= 0.6 is 0 Å². The maximum absolute atomic E-state index is 12.1. The molecule has 4 nitrogen and oxygen atoms in total. The topological polar surface area (TPSA) is 58.4 Å². The fourth-order valence-corrected chi connectivity index (χ4v) is 2.75. The van der Waals surface area contributed by atoms with Crippen LogP contribution in [0.3, 0.4) is 0 Å². The number of piperidine rings is 1. The van der Waals surface area contributed by atoms with E-state index in [-0.39, 0.29) is 11.6 Å². The van der Waals surface area contributed by atoms with Gasteiger partial charge in [0.25, 0.3) is 0 Å². The molecule has 2 atom stereocenters. The molecule has 1 heterocycles. The number of carbonyl (C=O) groups excluding carboxylic acids is 1. The second-order valence-corrected chi connectivity index (χ2v) is 5.50. The van der Waals surface area contributed by atoms with Crippen LogP contribution in [0.2, 0.25) is 0 Å². The summed E-state index contributed by atoms with van der Waals surface area (Å²) >= 11 is 0. The summed E-state index contributed by atoms with van der Waals surface area (Å²) in [6, 6.07) is 7.95. The van der Waals surface area contributed by atoms with Crippen LogP contribution in [0.25, 0.3) is 0 Å². The normalized spacial score (nSPS) is 29.0. The molecule has 4 heteroatoms. The first-order valence-corrected chi connectivity index (χ1v) is 6.54. The molecule has 1 saturated carbocycles. The number of hydrogen-bond donors (Lipinski definition) is 2. The Morgan fingerprint density at radius 1 is 1.61 bits per heavy atom. The van der Waals surface area contributed by atoms with Gasteiger partial charge in [0, 0.05) is 24.3 Å². The lowest BCUT2D eigenvalue weighted by Crippen LogP contribution is -2.39. The quantitative estimate of drug-likeness (QED) is 0.835. The molecule has 3 N–H and O–H groups in total. The van der Waals surface area contributed by atoms with Gasteiger partial charge < -0.3 is 16.0 Å². The summed E-state index contributed by atoms with van der Waals surface area (Å²) in [7, 11) is 0. The molecule has 1 saturated heterocycles. The second kappa shape index (κ2) is 3.99. The van der Waals surface area contributed by atoms with Crippen molar-refractivity contribution in [3.05, 3.63) is 29.8 Å². The monoisotopic (exact) mass is 245 g/mol. The highest BCUT2D eigenvalue weighted by atomic mass is 16.2. The number of amides is 2. The van der Waals surface area contributed by atoms with Crippen molar-refractivity contribution in [3.8, 4) is 0 Å². The third-order valence-electron chi connectivity index (χ3n) is 4.08. The van der Waals surface area contributed by atoms with E-state index in [0.29, 0.717) is 12.5 Å². The SMILES string of the molecule is CCc1cccc(NC(=O)N2C[C@@H]3C[C@]3(N)C2)c1. The lowest BCUT2D eigenvalue weighted by Gasteiger charge is -2.20. The molecule has 3 rings (SSSR count). The summed E-state index contributed by atoms with van der Waals surface area (Å²) in [5.74, 6) is 0.519. The fourth-order valence-electron chi connectivity index (χ4n) is 2.75. The van der Waals surface area contributed by atoms with E-state index < -0.39 is 0 Å². The number of anilines is 1. The summed E-state index contributed by atoms with van der Waals surface area (Å²) in [6.07, 6.45) is 2.05. The highest BCUT2D eigenvalue weighted by molar-refractivity contribution is 5.89. The zero-order chi connectivity index (χ0) is 12.8. The van der Waals surface area contributed by atoms with E-state index in [1.54, 1.807) is 0 Å². The molecule has 18 heavy (non-hydrogen) atoms. The lowest BCUT2D eigenvalue weighted by molar-refractivity contribution is 0.216. The van der Waals surface area contributed by atoms with Crippen molar-refractivity contribution in [3.63, 3.8) is 0 Å². The average Bonchev–Trinajstić information content (AvgIpc) is 2.87. The van der Waals surface area contributed by atoms with Gasteiger partial charge in [-0.3, -0.25) is 0 Å². The molecule has 2 fully saturated rings. The van der Waals surface area contributed by atoms with Crippen LogP contribution in [0.1, 0.15) is 18.9 Å². The molecule has 1 aromatic rings. The fraction of sp³-hybridized carbons (Fsp3) is 0.500. The summed E-state index contributed by atoms with van der Waals surface area (Å²) in [5, 5.41) is 2.95. The minimum absolute atomic E-state index is 0.0275. The molecule has 0 bridgehead atoms. The number of fused-ring (bicyclic) bond motifs is 1. The third kappa shape index (κ3) is 1.97. The zero-order valence-electron chi connectivity index (χ0n) is 10.6. The lowest BCUT2D eigenvalue weighted by atomic mass is 10.1. The number of likely N-dealkylation sites (tertiary alicyclic amines) is 1. The van der Waals surface area contributed by atoms with E-state index in [1.807, 2.05) is 23.1 Å². The van der Waals surface area contributed by atoms with Crippen LogP contribution < -0.4 is 11.1 Å². The first kappa shape index (κ1) is 11.5. The van der Waals surface area contributed by atoms with Gasteiger partial charge in [0.2, 0.25) is 0 Å². The Labute approximate surface area is 107 Å². The molecular weight excluding hydrogens is 226 g/mol. The van der Waals surface area contributed by atoms with Gasteiger partial charge in [0.15, 0.2) is 0 Å². The van der Waals surface area contributed by atoms with Crippen molar-refractivity contribution in [1.82, 2.24) is 4.90 Å². The van der Waals surface area contributed by atoms with Gasteiger partial charge >= 0.3 is 6.03 Å². The van der Waals surface area contributed by atoms with Gasteiger partial charge in [-0.05, 0) is 36.5 Å². The third-order valence-corrected chi connectivity index (χ3v) is 4.08. The predicted molar refractivity (Wildman–Crippen MR) is 71.4 cm³/mol. The van der Waals surface area contributed by atoms with E-state index in [2.05, 4.69) is 18.3 Å². The van der Waals surface area contributed by atoms with Gasteiger partial charge in [-0.25, -0.2) is 4.79 Å². The first-order valence-electron chi connectivity index (χ1n) is 6.54. The van der Waals surface area contributed by atoms with Crippen molar-refractivity contribution in [2.75, 3.05) is 18.4 Å². The average molecular weight is 245 g/mol. The summed E-state index contributed by atoms with van der Waals surface area (Å²) in [4.78, 5) is 13.9. The van der Waals surface area contributed by atoms with Crippen LogP contribution in [-0.4, -0.2) is 29.6 Å². The summed E-state index contributed by atoms with van der Waals surface area (Å²) < 4.78 is 0. The first-order chi connectivity index (χ1) is 8.60. The number of aryl methyl sites for hydroxylation is 1. The van der Waals surface area contributed by atoms with Crippen LogP contribution in [0.4, 0.5) is 10.5 Å². The number of hydrogen-bond acceptors (Lipinski definition) is 2. The Bertz CT molecular complexity index is 488. The van der Waals surface area contributed by atoms with Gasteiger partial charge in [0.1, 0.15) is 0 Å². The Balaban J connectivity index is 1.64. The molecule has 1 aliphatic carbocycles. The number of rotatable bonds is 2. The van der Waals surface area contributed by atoms with Crippen molar-refractivity contribution < 1.29 is 4.79 Å². The summed E-state index contributed by atoms with van der Waals surface area (Å²) in [6.45, 7) is 3.60. The molecule has 0 radical (unpaired) electrons. The molecule has 1 aliphatic heterocycles.